The molecule has 25 heavy (non-hydrogen) atoms. The molecule has 0 fully saturated rings. The first kappa shape index (κ1) is 19.3. The minimum Gasteiger partial charge on any atom is -0.284 e. The molecule has 0 aliphatic heterocycles. The van der Waals surface area contributed by atoms with Gasteiger partial charge in [0.25, 0.3) is 0 Å². The van der Waals surface area contributed by atoms with Crippen molar-refractivity contribution < 1.29 is 16.8 Å². The minimum atomic E-state index is -3.45. The maximum absolute atomic E-state index is 12.2. The van der Waals surface area contributed by atoms with Gasteiger partial charge >= 0.3 is 0 Å². The van der Waals surface area contributed by atoms with E-state index in [0.29, 0.717) is 24.2 Å². The van der Waals surface area contributed by atoms with Crippen LogP contribution in [0.4, 0.5) is 11.4 Å². The molecule has 0 aliphatic rings. The number of nitrogens with zero attached hydrogens (tertiary/aromatic N) is 1. The lowest BCUT2D eigenvalue weighted by molar-refractivity contribution is 0.597. The summed E-state index contributed by atoms with van der Waals surface area (Å²) in [6.07, 6.45) is 2.32. The molecule has 0 bridgehead atoms. The monoisotopic (exact) mass is 382 g/mol. The average molecular weight is 383 g/mol. The van der Waals surface area contributed by atoms with Gasteiger partial charge < -0.3 is 0 Å². The van der Waals surface area contributed by atoms with Crippen LogP contribution in [0.3, 0.4) is 0 Å². The van der Waals surface area contributed by atoms with Crippen molar-refractivity contribution in [3.63, 3.8) is 0 Å². The first-order chi connectivity index (χ1) is 11.7. The Morgan fingerprint density at radius 2 is 1.52 bits per heavy atom. The van der Waals surface area contributed by atoms with E-state index in [4.69, 9.17) is 0 Å². The fourth-order valence-corrected chi connectivity index (χ4v) is 3.90. The summed E-state index contributed by atoms with van der Waals surface area (Å²) in [6.45, 7) is 0. The first-order valence-corrected chi connectivity index (χ1v) is 11.3. The topological polar surface area (TPSA) is 83.6 Å². The van der Waals surface area contributed by atoms with Gasteiger partial charge in [0.15, 0.2) is 0 Å². The Hall–Kier alpha value is -2.06. The number of rotatable bonds is 8. The molecule has 8 heteroatoms. The number of nitrogens with one attached hydrogen (secondary N) is 1. The zero-order valence-electron chi connectivity index (χ0n) is 14.2. The molecule has 0 unspecified atom stereocenters. The van der Waals surface area contributed by atoms with Crippen LogP contribution in [0.5, 0.6) is 0 Å². The maximum atomic E-state index is 12.2. The number of aryl methyl sites for hydroxylation is 1. The van der Waals surface area contributed by atoms with Crippen molar-refractivity contribution in [3.05, 3.63) is 60.2 Å². The molecule has 0 spiro atoms. The van der Waals surface area contributed by atoms with Crippen LogP contribution in [-0.4, -0.2) is 35.9 Å². The Morgan fingerprint density at radius 1 is 0.920 bits per heavy atom. The Bertz CT molecular complexity index is 893. The molecule has 0 saturated carbocycles. The average Bonchev–Trinajstić information content (AvgIpc) is 2.54. The van der Waals surface area contributed by atoms with E-state index in [-0.39, 0.29) is 5.75 Å². The SMILES string of the molecule is CN(c1ccc(NS(=O)(=O)CCCc2ccccc2)cc1)S(C)(=O)=O. The largest absolute Gasteiger partial charge is 0.284 e. The highest BCUT2D eigenvalue weighted by Crippen LogP contribution is 2.19. The van der Waals surface area contributed by atoms with E-state index in [1.807, 2.05) is 30.3 Å². The number of sulfonamides is 2. The summed E-state index contributed by atoms with van der Waals surface area (Å²) in [4.78, 5) is 0. The van der Waals surface area contributed by atoms with Crippen molar-refractivity contribution >= 4 is 31.4 Å². The fourth-order valence-electron chi connectivity index (χ4n) is 2.27. The molecule has 0 radical (unpaired) electrons. The van der Waals surface area contributed by atoms with Gasteiger partial charge in [-0.05, 0) is 42.7 Å². The van der Waals surface area contributed by atoms with E-state index >= 15 is 0 Å². The van der Waals surface area contributed by atoms with Crippen molar-refractivity contribution in [3.8, 4) is 0 Å². The molecule has 0 atom stereocenters. The molecule has 2 aromatic rings. The molecule has 1 N–H and O–H groups in total. The molecule has 2 aromatic carbocycles. The van der Waals surface area contributed by atoms with Crippen LogP contribution < -0.4 is 9.03 Å². The van der Waals surface area contributed by atoms with Crippen LogP contribution in [0.2, 0.25) is 0 Å². The van der Waals surface area contributed by atoms with Crippen LogP contribution in [-0.2, 0) is 26.5 Å². The highest BCUT2D eigenvalue weighted by Gasteiger charge is 2.13. The van der Waals surface area contributed by atoms with Gasteiger partial charge in [-0.1, -0.05) is 30.3 Å². The summed E-state index contributed by atoms with van der Waals surface area (Å²) in [5.41, 5.74) is 1.98. The van der Waals surface area contributed by atoms with Crippen molar-refractivity contribution in [2.75, 3.05) is 28.1 Å². The van der Waals surface area contributed by atoms with Crippen molar-refractivity contribution in [2.24, 2.45) is 0 Å². The Kier molecular flexibility index (Phi) is 6.07. The van der Waals surface area contributed by atoms with E-state index < -0.39 is 20.0 Å². The molecule has 0 saturated heterocycles. The van der Waals surface area contributed by atoms with Crippen LogP contribution >= 0.6 is 0 Å². The van der Waals surface area contributed by atoms with Gasteiger partial charge in [-0.15, -0.1) is 0 Å². The number of anilines is 2. The fraction of sp³-hybridized carbons (Fsp3) is 0.294. The highest BCUT2D eigenvalue weighted by atomic mass is 32.2. The quantitative estimate of drug-likeness (QED) is 0.760. The van der Waals surface area contributed by atoms with Gasteiger partial charge in [0.1, 0.15) is 0 Å². The molecular weight excluding hydrogens is 360 g/mol. The van der Waals surface area contributed by atoms with Gasteiger partial charge in [-0.25, -0.2) is 16.8 Å². The summed E-state index contributed by atoms with van der Waals surface area (Å²) in [6, 6.07) is 15.9. The zero-order chi connectivity index (χ0) is 18.5. The van der Waals surface area contributed by atoms with Gasteiger partial charge in [-0.3, -0.25) is 9.03 Å². The third-order valence-corrected chi connectivity index (χ3v) is 6.30. The van der Waals surface area contributed by atoms with E-state index in [9.17, 15) is 16.8 Å². The Morgan fingerprint density at radius 3 is 2.08 bits per heavy atom. The third-order valence-electron chi connectivity index (χ3n) is 3.72. The Labute approximate surface area is 149 Å². The molecule has 6 nitrogen and oxygen atoms in total. The minimum absolute atomic E-state index is 0.0207. The molecule has 0 amide bonds. The predicted octanol–water partition coefficient (Wildman–Crippen LogP) is 2.46. The van der Waals surface area contributed by atoms with Crippen molar-refractivity contribution in [1.29, 1.82) is 0 Å². The molecular formula is C17H22N2O4S2. The van der Waals surface area contributed by atoms with Gasteiger partial charge in [0.05, 0.1) is 17.7 Å². The first-order valence-electron chi connectivity index (χ1n) is 7.76. The van der Waals surface area contributed by atoms with Crippen LogP contribution in [0.1, 0.15) is 12.0 Å². The van der Waals surface area contributed by atoms with E-state index in [1.54, 1.807) is 24.3 Å². The lowest BCUT2D eigenvalue weighted by Gasteiger charge is -2.17. The predicted molar refractivity (Wildman–Crippen MR) is 102 cm³/mol. The van der Waals surface area contributed by atoms with E-state index in [2.05, 4.69) is 4.72 Å². The van der Waals surface area contributed by atoms with Crippen LogP contribution in [0.15, 0.2) is 54.6 Å². The van der Waals surface area contributed by atoms with Crippen LogP contribution in [0, 0.1) is 0 Å². The van der Waals surface area contributed by atoms with Crippen LogP contribution in [0.25, 0.3) is 0 Å². The molecule has 2 rings (SSSR count). The second kappa shape index (κ2) is 7.88. The molecule has 136 valence electrons. The molecule has 0 aromatic heterocycles. The van der Waals surface area contributed by atoms with Gasteiger partial charge in [-0.2, -0.15) is 0 Å². The van der Waals surface area contributed by atoms with Gasteiger partial charge in [0.2, 0.25) is 20.0 Å². The summed E-state index contributed by atoms with van der Waals surface area (Å²) >= 11 is 0. The molecule has 0 aliphatic carbocycles. The lowest BCUT2D eigenvalue weighted by Crippen LogP contribution is -2.24. The lowest BCUT2D eigenvalue weighted by atomic mass is 10.1. The molecule has 0 heterocycles. The number of benzene rings is 2. The number of hydrogen-bond donors (Lipinski definition) is 1. The highest BCUT2D eigenvalue weighted by molar-refractivity contribution is 7.92. The zero-order valence-corrected chi connectivity index (χ0v) is 15.8. The number of hydrogen-bond acceptors (Lipinski definition) is 4. The van der Waals surface area contributed by atoms with Gasteiger partial charge in [0, 0.05) is 12.7 Å². The van der Waals surface area contributed by atoms with Crippen molar-refractivity contribution in [1.82, 2.24) is 0 Å². The second-order valence-electron chi connectivity index (χ2n) is 5.79. The Balaban J connectivity index is 1.94. The van der Waals surface area contributed by atoms with E-state index in [1.165, 1.54) is 7.05 Å². The smallest absolute Gasteiger partial charge is 0.232 e. The summed E-state index contributed by atoms with van der Waals surface area (Å²) < 4.78 is 50.9. The second-order valence-corrected chi connectivity index (χ2v) is 9.64. The summed E-state index contributed by atoms with van der Waals surface area (Å²) in [7, 11) is -5.35. The normalized spacial score (nSPS) is 11.9. The van der Waals surface area contributed by atoms with Crippen molar-refractivity contribution in [2.45, 2.75) is 12.8 Å². The maximum Gasteiger partial charge on any atom is 0.232 e. The summed E-state index contributed by atoms with van der Waals surface area (Å²) in [5, 5.41) is 0. The standard InChI is InChI=1S/C17H22N2O4S2/c1-19(24(2,20)21)17-12-10-16(11-13-17)18-25(22,23)14-6-9-15-7-4-3-5-8-15/h3-5,7-8,10-13,18H,6,9,14H2,1-2H3. The van der Waals surface area contributed by atoms with E-state index in [0.717, 1.165) is 16.1 Å². The summed E-state index contributed by atoms with van der Waals surface area (Å²) in [5.74, 6) is 0.0207. The third kappa shape index (κ3) is 6.06.